The molecule has 0 bridgehead atoms. The highest BCUT2D eigenvalue weighted by molar-refractivity contribution is 6.11. The Balaban J connectivity index is 1.83. The summed E-state index contributed by atoms with van der Waals surface area (Å²) in [6.45, 7) is 0. The lowest BCUT2D eigenvalue weighted by Gasteiger charge is -2.14. The third kappa shape index (κ3) is 3.00. The highest BCUT2D eigenvalue weighted by atomic mass is 14.2. The van der Waals surface area contributed by atoms with E-state index in [0.29, 0.717) is 0 Å². The molecule has 4 aromatic carbocycles. The average molecular weight is 356 g/mol. The van der Waals surface area contributed by atoms with Crippen LogP contribution in [0.2, 0.25) is 0 Å². The third-order valence-corrected chi connectivity index (χ3v) is 5.26. The molecule has 0 saturated heterocycles. The van der Waals surface area contributed by atoms with Gasteiger partial charge in [-0.1, -0.05) is 115 Å². The first-order valence-electron chi connectivity index (χ1n) is 9.63. The Morgan fingerprint density at radius 3 is 1.82 bits per heavy atom. The molecule has 0 atom stereocenters. The van der Waals surface area contributed by atoms with Crippen LogP contribution in [-0.2, 0) is 0 Å². The van der Waals surface area contributed by atoms with Crippen LogP contribution in [0.1, 0.15) is 11.1 Å². The first-order valence-corrected chi connectivity index (χ1v) is 9.63. The van der Waals surface area contributed by atoms with E-state index in [1.807, 2.05) is 0 Å². The fraction of sp³-hybridized carbons (Fsp3) is 0. The topological polar surface area (TPSA) is 0 Å². The van der Waals surface area contributed by atoms with E-state index in [0.717, 1.165) is 0 Å². The summed E-state index contributed by atoms with van der Waals surface area (Å²) in [5, 5.41) is 5.12. The van der Waals surface area contributed by atoms with Gasteiger partial charge in [-0.2, -0.15) is 0 Å². The van der Waals surface area contributed by atoms with Gasteiger partial charge >= 0.3 is 0 Å². The molecule has 0 amide bonds. The first kappa shape index (κ1) is 16.5. The molecule has 0 fully saturated rings. The Morgan fingerprint density at radius 1 is 0.607 bits per heavy atom. The molecule has 0 nitrogen and oxygen atoms in total. The second-order valence-electron chi connectivity index (χ2n) is 7.03. The molecule has 0 heteroatoms. The van der Waals surface area contributed by atoms with Gasteiger partial charge in [0.05, 0.1) is 0 Å². The number of hydrogen-bond acceptors (Lipinski definition) is 0. The number of benzene rings is 4. The van der Waals surface area contributed by atoms with Gasteiger partial charge in [-0.25, -0.2) is 0 Å². The van der Waals surface area contributed by atoms with Crippen LogP contribution in [0.15, 0.2) is 121 Å². The molecule has 0 aromatic heterocycles. The summed E-state index contributed by atoms with van der Waals surface area (Å²) in [4.78, 5) is 0. The van der Waals surface area contributed by atoms with Crippen LogP contribution < -0.4 is 0 Å². The quantitative estimate of drug-likeness (QED) is 0.332. The molecule has 132 valence electrons. The van der Waals surface area contributed by atoms with Crippen molar-refractivity contribution in [2.45, 2.75) is 0 Å². The summed E-state index contributed by atoms with van der Waals surface area (Å²) in [7, 11) is 0. The maximum atomic E-state index is 2.29. The van der Waals surface area contributed by atoms with Crippen LogP contribution >= 0.6 is 0 Å². The molecule has 5 rings (SSSR count). The maximum absolute atomic E-state index is 2.29. The number of fused-ring (bicyclic) bond motifs is 2. The molecule has 28 heavy (non-hydrogen) atoms. The predicted molar refractivity (Wildman–Crippen MR) is 122 cm³/mol. The fourth-order valence-electron chi connectivity index (χ4n) is 3.93. The molecule has 1 aliphatic carbocycles. The van der Waals surface area contributed by atoms with E-state index in [2.05, 4.69) is 121 Å². The molecule has 4 aromatic rings. The molecule has 0 unspecified atom stereocenters. The molecule has 0 saturated carbocycles. The van der Waals surface area contributed by atoms with E-state index in [4.69, 9.17) is 0 Å². The fourth-order valence-corrected chi connectivity index (χ4v) is 3.93. The molecule has 0 radical (unpaired) electrons. The van der Waals surface area contributed by atoms with Gasteiger partial charge in [0.1, 0.15) is 0 Å². The summed E-state index contributed by atoms with van der Waals surface area (Å²) in [6, 6.07) is 30.1. The lowest BCUT2D eigenvalue weighted by atomic mass is 9.89. The number of allylic oxidation sites excluding steroid dienone is 7. The van der Waals surface area contributed by atoms with Crippen molar-refractivity contribution in [2.24, 2.45) is 0 Å². The molecule has 0 aliphatic heterocycles. The van der Waals surface area contributed by atoms with Crippen molar-refractivity contribution in [1.29, 1.82) is 0 Å². The SMILES string of the molecule is C1=CC(=C(C=Cc2ccccc2)c2c3ccccc3cc3ccccc23)C=C1. The van der Waals surface area contributed by atoms with Crippen LogP contribution in [0.5, 0.6) is 0 Å². The van der Waals surface area contributed by atoms with Crippen molar-refractivity contribution in [3.05, 3.63) is 132 Å². The molecule has 0 N–H and O–H groups in total. The van der Waals surface area contributed by atoms with Crippen LogP contribution in [0.3, 0.4) is 0 Å². The zero-order chi connectivity index (χ0) is 18.8. The van der Waals surface area contributed by atoms with Gasteiger partial charge in [0.25, 0.3) is 0 Å². The summed E-state index contributed by atoms with van der Waals surface area (Å²) < 4.78 is 0. The van der Waals surface area contributed by atoms with Gasteiger partial charge in [0, 0.05) is 0 Å². The van der Waals surface area contributed by atoms with E-state index >= 15 is 0 Å². The highest BCUT2D eigenvalue weighted by Gasteiger charge is 2.13. The third-order valence-electron chi connectivity index (χ3n) is 5.26. The monoisotopic (exact) mass is 356 g/mol. The summed E-state index contributed by atoms with van der Waals surface area (Å²) in [6.07, 6.45) is 13.1. The minimum atomic E-state index is 1.20. The minimum Gasteiger partial charge on any atom is -0.0622 e. The van der Waals surface area contributed by atoms with Crippen molar-refractivity contribution in [3.63, 3.8) is 0 Å². The predicted octanol–water partition coefficient (Wildman–Crippen LogP) is 7.59. The van der Waals surface area contributed by atoms with E-state index in [-0.39, 0.29) is 0 Å². The smallest absolute Gasteiger partial charge is 0.00208 e. The zero-order valence-electron chi connectivity index (χ0n) is 15.5. The summed E-state index contributed by atoms with van der Waals surface area (Å²) in [5.41, 5.74) is 5.00. The van der Waals surface area contributed by atoms with Crippen molar-refractivity contribution < 1.29 is 0 Å². The van der Waals surface area contributed by atoms with Crippen molar-refractivity contribution in [1.82, 2.24) is 0 Å². The Kier molecular flexibility index (Phi) is 4.23. The second kappa shape index (κ2) is 7.17. The highest BCUT2D eigenvalue weighted by Crippen LogP contribution is 2.37. The van der Waals surface area contributed by atoms with Gasteiger partial charge in [0.2, 0.25) is 0 Å². The van der Waals surface area contributed by atoms with Gasteiger partial charge in [0.15, 0.2) is 0 Å². The molecular formula is C28H20. The summed E-state index contributed by atoms with van der Waals surface area (Å²) >= 11 is 0. The Hall–Kier alpha value is -3.64. The van der Waals surface area contributed by atoms with E-state index in [9.17, 15) is 0 Å². The second-order valence-corrected chi connectivity index (χ2v) is 7.03. The normalized spacial score (nSPS) is 13.2. The Bertz CT molecular complexity index is 1210. The largest absolute Gasteiger partial charge is 0.0622 e. The lowest BCUT2D eigenvalue weighted by molar-refractivity contribution is 1.65. The Morgan fingerprint density at radius 2 is 1.18 bits per heavy atom. The van der Waals surface area contributed by atoms with Crippen LogP contribution in [0.25, 0.3) is 33.2 Å². The van der Waals surface area contributed by atoms with E-state index < -0.39 is 0 Å². The lowest BCUT2D eigenvalue weighted by Crippen LogP contribution is -1.91. The molecule has 0 spiro atoms. The molecular weight excluding hydrogens is 336 g/mol. The van der Waals surface area contributed by atoms with Crippen molar-refractivity contribution in [2.75, 3.05) is 0 Å². The van der Waals surface area contributed by atoms with Gasteiger partial charge in [-0.3, -0.25) is 0 Å². The van der Waals surface area contributed by atoms with Gasteiger partial charge < -0.3 is 0 Å². The summed E-state index contributed by atoms with van der Waals surface area (Å²) in [5.74, 6) is 0. The van der Waals surface area contributed by atoms with Crippen molar-refractivity contribution in [3.8, 4) is 0 Å². The standard InChI is InChI=1S/C28H20/c1-2-10-21(11-3-1)18-19-27(22-12-4-5-13-22)28-25-16-8-6-14-23(25)20-24-15-7-9-17-26(24)28/h1-20H. The van der Waals surface area contributed by atoms with Crippen LogP contribution in [0, 0.1) is 0 Å². The van der Waals surface area contributed by atoms with Gasteiger partial charge in [-0.05, 0) is 49.9 Å². The number of rotatable bonds is 3. The average Bonchev–Trinajstić information content (AvgIpc) is 3.28. The maximum Gasteiger partial charge on any atom is -0.00208 e. The van der Waals surface area contributed by atoms with Crippen molar-refractivity contribution >= 4 is 33.2 Å². The van der Waals surface area contributed by atoms with Crippen LogP contribution in [-0.4, -0.2) is 0 Å². The Labute approximate surface area is 165 Å². The van der Waals surface area contributed by atoms with Gasteiger partial charge in [-0.15, -0.1) is 0 Å². The number of hydrogen-bond donors (Lipinski definition) is 0. The molecule has 1 aliphatic rings. The molecule has 0 heterocycles. The first-order chi connectivity index (χ1) is 13.9. The zero-order valence-corrected chi connectivity index (χ0v) is 15.5. The van der Waals surface area contributed by atoms with E-state index in [1.165, 1.54) is 43.8 Å². The van der Waals surface area contributed by atoms with E-state index in [1.54, 1.807) is 0 Å². The minimum absolute atomic E-state index is 1.20. The van der Waals surface area contributed by atoms with Crippen LogP contribution in [0.4, 0.5) is 0 Å².